The number of nitrogens with zero attached hydrogens (tertiary/aromatic N) is 4. The van der Waals surface area contributed by atoms with Gasteiger partial charge in [-0.3, -0.25) is 9.48 Å². The standard InChI is InChI=1S/C17H15F2N5OS/c1-9-11(6-20-23(9)2)16-12-7-21-24(17(12)22-15(25)8-26-16)14-4-3-10(18)5-13(14)19/h3-7,16H,8H2,1-2H3,(H,22,25). The number of aryl methyl sites for hydroxylation is 1. The number of carbonyl (C=O) groups excluding carboxylic acids is 1. The second-order valence-electron chi connectivity index (χ2n) is 6.00. The Morgan fingerprint density at radius 2 is 2.00 bits per heavy atom. The van der Waals surface area contributed by atoms with Crippen molar-refractivity contribution in [3.05, 3.63) is 59.0 Å². The summed E-state index contributed by atoms with van der Waals surface area (Å²) < 4.78 is 30.5. The van der Waals surface area contributed by atoms with Gasteiger partial charge in [-0.15, -0.1) is 11.8 Å². The van der Waals surface area contributed by atoms with Crippen LogP contribution in [0, 0.1) is 18.6 Å². The zero-order valence-corrected chi connectivity index (χ0v) is 14.8. The number of benzene rings is 1. The lowest BCUT2D eigenvalue weighted by atomic mass is 10.1. The zero-order chi connectivity index (χ0) is 18.4. The van der Waals surface area contributed by atoms with Crippen molar-refractivity contribution in [1.82, 2.24) is 19.6 Å². The third kappa shape index (κ3) is 2.68. The maximum Gasteiger partial charge on any atom is 0.235 e. The Morgan fingerprint density at radius 3 is 2.69 bits per heavy atom. The molecule has 0 aliphatic carbocycles. The number of amides is 1. The Labute approximate surface area is 152 Å². The molecule has 0 bridgehead atoms. The lowest BCUT2D eigenvalue weighted by Crippen LogP contribution is -2.16. The maximum atomic E-state index is 14.2. The summed E-state index contributed by atoms with van der Waals surface area (Å²) in [6.07, 6.45) is 3.37. The van der Waals surface area contributed by atoms with Crippen LogP contribution < -0.4 is 5.32 Å². The molecule has 3 aromatic rings. The van der Waals surface area contributed by atoms with E-state index in [4.69, 9.17) is 0 Å². The molecular weight excluding hydrogens is 360 g/mol. The Bertz CT molecular complexity index is 1010. The minimum atomic E-state index is -0.754. The molecule has 1 aliphatic heterocycles. The molecule has 0 saturated heterocycles. The van der Waals surface area contributed by atoms with Gasteiger partial charge < -0.3 is 5.32 Å². The Hall–Kier alpha value is -2.68. The molecule has 3 heterocycles. The van der Waals surface area contributed by atoms with Gasteiger partial charge in [0, 0.05) is 29.9 Å². The number of thioether (sulfide) groups is 1. The summed E-state index contributed by atoms with van der Waals surface area (Å²) >= 11 is 1.46. The highest BCUT2D eigenvalue weighted by atomic mass is 32.2. The first-order valence-corrected chi connectivity index (χ1v) is 8.94. The normalized spacial score (nSPS) is 16.9. The highest BCUT2D eigenvalue weighted by Gasteiger charge is 2.30. The molecule has 1 atom stereocenters. The van der Waals surface area contributed by atoms with Gasteiger partial charge in [0.2, 0.25) is 5.91 Å². The molecule has 0 radical (unpaired) electrons. The average molecular weight is 375 g/mol. The van der Waals surface area contributed by atoms with Crippen LogP contribution in [0.25, 0.3) is 5.69 Å². The maximum absolute atomic E-state index is 14.2. The molecular formula is C17H15F2N5OS. The van der Waals surface area contributed by atoms with E-state index in [1.54, 1.807) is 17.1 Å². The molecule has 26 heavy (non-hydrogen) atoms. The highest BCUT2D eigenvalue weighted by molar-refractivity contribution is 8.00. The van der Waals surface area contributed by atoms with Crippen molar-refractivity contribution in [3.63, 3.8) is 0 Å². The number of hydrogen-bond acceptors (Lipinski definition) is 4. The van der Waals surface area contributed by atoms with E-state index in [0.29, 0.717) is 5.82 Å². The number of hydrogen-bond donors (Lipinski definition) is 1. The molecule has 1 aromatic carbocycles. The number of nitrogens with one attached hydrogen (secondary N) is 1. The molecule has 4 rings (SSSR count). The molecule has 1 N–H and O–H groups in total. The van der Waals surface area contributed by atoms with E-state index in [9.17, 15) is 13.6 Å². The van der Waals surface area contributed by atoms with Crippen molar-refractivity contribution in [3.8, 4) is 5.69 Å². The molecule has 0 fully saturated rings. The minimum absolute atomic E-state index is 0.0708. The molecule has 1 amide bonds. The van der Waals surface area contributed by atoms with Crippen LogP contribution in [0.15, 0.2) is 30.6 Å². The third-order valence-electron chi connectivity index (χ3n) is 4.41. The fourth-order valence-corrected chi connectivity index (χ4v) is 4.11. The van der Waals surface area contributed by atoms with Crippen molar-refractivity contribution >= 4 is 23.5 Å². The summed E-state index contributed by atoms with van der Waals surface area (Å²) in [5, 5.41) is 11.1. The van der Waals surface area contributed by atoms with Crippen molar-refractivity contribution in [2.75, 3.05) is 11.1 Å². The topological polar surface area (TPSA) is 64.7 Å². The number of halogens is 2. The summed E-state index contributed by atoms with van der Waals surface area (Å²) in [6.45, 7) is 1.95. The van der Waals surface area contributed by atoms with Gasteiger partial charge in [0.1, 0.15) is 17.3 Å². The predicted octanol–water partition coefficient (Wildman–Crippen LogP) is 2.97. The summed E-state index contributed by atoms with van der Waals surface area (Å²) in [5.41, 5.74) is 2.76. The largest absolute Gasteiger partial charge is 0.310 e. The van der Waals surface area contributed by atoms with E-state index in [2.05, 4.69) is 15.5 Å². The van der Waals surface area contributed by atoms with Gasteiger partial charge in [-0.2, -0.15) is 10.2 Å². The van der Waals surface area contributed by atoms with Crippen LogP contribution in [-0.4, -0.2) is 31.2 Å². The Morgan fingerprint density at radius 1 is 1.23 bits per heavy atom. The van der Waals surface area contributed by atoms with Gasteiger partial charge in [0.25, 0.3) is 0 Å². The molecule has 1 unspecified atom stereocenters. The second kappa shape index (κ2) is 6.24. The van der Waals surface area contributed by atoms with Gasteiger partial charge in [0.05, 0.1) is 23.4 Å². The third-order valence-corrected chi connectivity index (χ3v) is 5.68. The molecule has 9 heteroatoms. The van der Waals surface area contributed by atoms with Crippen molar-refractivity contribution < 1.29 is 13.6 Å². The SMILES string of the molecule is Cc1c(C2SCC(=O)Nc3c2cnn3-c2ccc(F)cc2F)cnn1C. The van der Waals surface area contributed by atoms with Crippen molar-refractivity contribution in [2.24, 2.45) is 7.05 Å². The quantitative estimate of drug-likeness (QED) is 0.748. The van der Waals surface area contributed by atoms with Gasteiger partial charge in [0.15, 0.2) is 5.82 Å². The number of rotatable bonds is 2. The molecule has 6 nitrogen and oxygen atoms in total. The van der Waals surface area contributed by atoms with Gasteiger partial charge in [-0.1, -0.05) is 0 Å². The Balaban J connectivity index is 1.87. The number of fused-ring (bicyclic) bond motifs is 1. The summed E-state index contributed by atoms with van der Waals surface area (Å²) in [6, 6.07) is 3.24. The lowest BCUT2D eigenvalue weighted by Gasteiger charge is -2.14. The van der Waals surface area contributed by atoms with E-state index in [-0.39, 0.29) is 22.6 Å². The first-order chi connectivity index (χ1) is 12.5. The fourth-order valence-electron chi connectivity index (χ4n) is 2.96. The van der Waals surface area contributed by atoms with Gasteiger partial charge in [-0.25, -0.2) is 13.5 Å². The first-order valence-electron chi connectivity index (χ1n) is 7.89. The van der Waals surface area contributed by atoms with Crippen LogP contribution in [0.1, 0.15) is 22.1 Å². The molecule has 0 spiro atoms. The minimum Gasteiger partial charge on any atom is -0.310 e. The van der Waals surface area contributed by atoms with Crippen LogP contribution in [-0.2, 0) is 11.8 Å². The second-order valence-corrected chi connectivity index (χ2v) is 7.10. The highest BCUT2D eigenvalue weighted by Crippen LogP contribution is 2.43. The van der Waals surface area contributed by atoms with Crippen LogP contribution >= 0.6 is 11.8 Å². The van der Waals surface area contributed by atoms with E-state index in [0.717, 1.165) is 29.0 Å². The van der Waals surface area contributed by atoms with Crippen LogP contribution in [0.4, 0.5) is 14.6 Å². The molecule has 1 aliphatic rings. The predicted molar refractivity (Wildman–Crippen MR) is 94.4 cm³/mol. The fraction of sp³-hybridized carbons (Fsp3) is 0.235. The summed E-state index contributed by atoms with van der Waals surface area (Å²) in [4.78, 5) is 12.2. The lowest BCUT2D eigenvalue weighted by molar-refractivity contribution is -0.113. The molecule has 0 saturated carbocycles. The van der Waals surface area contributed by atoms with Crippen LogP contribution in [0.3, 0.4) is 0 Å². The van der Waals surface area contributed by atoms with E-state index in [1.807, 2.05) is 14.0 Å². The van der Waals surface area contributed by atoms with Crippen LogP contribution in [0.5, 0.6) is 0 Å². The van der Waals surface area contributed by atoms with Crippen molar-refractivity contribution in [1.29, 1.82) is 0 Å². The van der Waals surface area contributed by atoms with Crippen molar-refractivity contribution in [2.45, 2.75) is 12.2 Å². The average Bonchev–Trinajstić information content (AvgIpc) is 3.09. The first kappa shape index (κ1) is 16.8. The number of anilines is 1. The summed E-state index contributed by atoms with van der Waals surface area (Å²) in [5.74, 6) is -0.994. The van der Waals surface area contributed by atoms with E-state index < -0.39 is 11.6 Å². The van der Waals surface area contributed by atoms with Crippen LogP contribution in [0.2, 0.25) is 0 Å². The van der Waals surface area contributed by atoms with Gasteiger partial charge >= 0.3 is 0 Å². The summed E-state index contributed by atoms with van der Waals surface area (Å²) in [7, 11) is 1.85. The number of aromatic nitrogens is 4. The molecule has 2 aromatic heterocycles. The van der Waals surface area contributed by atoms with E-state index in [1.165, 1.54) is 22.5 Å². The van der Waals surface area contributed by atoms with Gasteiger partial charge in [-0.05, 0) is 19.1 Å². The Kier molecular flexibility index (Phi) is 4.03. The van der Waals surface area contributed by atoms with E-state index >= 15 is 0 Å². The zero-order valence-electron chi connectivity index (χ0n) is 14.0. The molecule has 134 valence electrons. The number of carbonyl (C=O) groups is 1. The smallest absolute Gasteiger partial charge is 0.235 e. The monoisotopic (exact) mass is 375 g/mol.